The summed E-state index contributed by atoms with van der Waals surface area (Å²) in [6, 6.07) is 5.19. The minimum Gasteiger partial charge on any atom is -0.345 e. The standard InChI is InChI=1S/C16H16N8O2/c1-10(14-21-20-12-5-3-4-6-24(12)14)19-13(25)8-23-9-17-15-11(16(23)26)7-18-22(15)2/h3-7,9-10H,8H2,1-2H3,(H,19,25)/t10-/m0/s1. The third kappa shape index (κ3) is 2.61. The summed E-state index contributed by atoms with van der Waals surface area (Å²) in [5.41, 5.74) is 0.875. The Morgan fingerprint density at radius 3 is 3.00 bits per heavy atom. The topological polar surface area (TPSA) is 112 Å². The second kappa shape index (κ2) is 6.06. The minimum absolute atomic E-state index is 0.141. The number of carbonyl (C=O) groups is 1. The van der Waals surface area contributed by atoms with E-state index in [4.69, 9.17) is 0 Å². The highest BCUT2D eigenvalue weighted by molar-refractivity contribution is 5.77. The number of carbonyl (C=O) groups excluding carboxylic acids is 1. The number of aromatic nitrogens is 7. The van der Waals surface area contributed by atoms with E-state index in [1.54, 1.807) is 11.4 Å². The Morgan fingerprint density at radius 1 is 1.31 bits per heavy atom. The highest BCUT2D eigenvalue weighted by atomic mass is 16.2. The van der Waals surface area contributed by atoms with Crippen molar-refractivity contribution in [3.05, 3.63) is 53.1 Å². The molecule has 4 aromatic rings. The van der Waals surface area contributed by atoms with Crippen molar-refractivity contribution in [1.29, 1.82) is 0 Å². The quantitative estimate of drug-likeness (QED) is 0.555. The molecule has 132 valence electrons. The van der Waals surface area contributed by atoms with Gasteiger partial charge < -0.3 is 5.32 Å². The summed E-state index contributed by atoms with van der Waals surface area (Å²) in [6.45, 7) is 1.67. The minimum atomic E-state index is -0.370. The van der Waals surface area contributed by atoms with E-state index >= 15 is 0 Å². The van der Waals surface area contributed by atoms with Gasteiger partial charge in [-0.1, -0.05) is 6.07 Å². The van der Waals surface area contributed by atoms with Crippen LogP contribution in [0.4, 0.5) is 0 Å². The lowest BCUT2D eigenvalue weighted by Crippen LogP contribution is -2.34. The average molecular weight is 352 g/mol. The number of hydrogen-bond acceptors (Lipinski definition) is 6. The van der Waals surface area contributed by atoms with Gasteiger partial charge in [-0.25, -0.2) is 4.98 Å². The molecule has 10 heteroatoms. The van der Waals surface area contributed by atoms with Gasteiger partial charge in [0.25, 0.3) is 5.56 Å². The maximum atomic E-state index is 12.4. The smallest absolute Gasteiger partial charge is 0.264 e. The normalized spacial score (nSPS) is 12.5. The van der Waals surface area contributed by atoms with Crippen LogP contribution in [0.1, 0.15) is 18.8 Å². The highest BCUT2D eigenvalue weighted by Gasteiger charge is 2.17. The van der Waals surface area contributed by atoms with E-state index in [1.165, 1.54) is 21.8 Å². The molecule has 1 amide bonds. The maximum absolute atomic E-state index is 12.4. The number of nitrogens with zero attached hydrogens (tertiary/aromatic N) is 7. The van der Waals surface area contributed by atoms with E-state index in [2.05, 4.69) is 25.6 Å². The van der Waals surface area contributed by atoms with Crippen molar-refractivity contribution in [1.82, 2.24) is 39.2 Å². The summed E-state index contributed by atoms with van der Waals surface area (Å²) in [5, 5.41) is 15.4. The molecule has 0 unspecified atom stereocenters. The number of nitrogens with one attached hydrogen (secondary N) is 1. The monoisotopic (exact) mass is 352 g/mol. The first-order valence-electron chi connectivity index (χ1n) is 8.01. The van der Waals surface area contributed by atoms with Crippen LogP contribution in [0.3, 0.4) is 0 Å². The molecule has 0 aliphatic rings. The first-order valence-corrected chi connectivity index (χ1v) is 8.01. The van der Waals surface area contributed by atoms with Gasteiger partial charge in [0.1, 0.15) is 18.3 Å². The fourth-order valence-electron chi connectivity index (χ4n) is 2.84. The summed E-state index contributed by atoms with van der Waals surface area (Å²) >= 11 is 0. The fraction of sp³-hybridized carbons (Fsp3) is 0.250. The predicted octanol–water partition coefficient (Wildman–Crippen LogP) is 0.0501. The van der Waals surface area contributed by atoms with Crippen LogP contribution < -0.4 is 10.9 Å². The number of hydrogen-bond donors (Lipinski definition) is 1. The zero-order valence-corrected chi connectivity index (χ0v) is 14.2. The first kappa shape index (κ1) is 15.9. The SMILES string of the molecule is C[C@H](NC(=O)Cn1cnc2c(cnn2C)c1=O)c1nnc2ccccn12. The largest absolute Gasteiger partial charge is 0.345 e. The molecule has 1 atom stereocenters. The summed E-state index contributed by atoms with van der Waals surface area (Å²) in [4.78, 5) is 29.0. The molecule has 26 heavy (non-hydrogen) atoms. The number of pyridine rings is 1. The van der Waals surface area contributed by atoms with Gasteiger partial charge in [0.15, 0.2) is 17.1 Å². The van der Waals surface area contributed by atoms with Crippen molar-refractivity contribution >= 4 is 22.6 Å². The van der Waals surface area contributed by atoms with Crippen LogP contribution in [-0.4, -0.2) is 39.8 Å². The highest BCUT2D eigenvalue weighted by Crippen LogP contribution is 2.11. The molecular weight excluding hydrogens is 336 g/mol. The van der Waals surface area contributed by atoms with Crippen LogP contribution in [0.25, 0.3) is 16.7 Å². The van der Waals surface area contributed by atoms with Gasteiger partial charge >= 0.3 is 0 Å². The maximum Gasteiger partial charge on any atom is 0.264 e. The molecule has 0 saturated carbocycles. The van der Waals surface area contributed by atoms with Crippen molar-refractivity contribution in [3.63, 3.8) is 0 Å². The van der Waals surface area contributed by atoms with Gasteiger partial charge in [-0.05, 0) is 19.1 Å². The van der Waals surface area contributed by atoms with Crippen LogP contribution in [0.2, 0.25) is 0 Å². The third-order valence-electron chi connectivity index (χ3n) is 4.14. The van der Waals surface area contributed by atoms with E-state index in [0.29, 0.717) is 22.5 Å². The molecule has 0 saturated heterocycles. The van der Waals surface area contributed by atoms with Crippen molar-refractivity contribution in [3.8, 4) is 0 Å². The van der Waals surface area contributed by atoms with Crippen LogP contribution >= 0.6 is 0 Å². The molecule has 0 radical (unpaired) electrons. The molecular formula is C16H16N8O2. The van der Waals surface area contributed by atoms with E-state index in [9.17, 15) is 9.59 Å². The Hall–Kier alpha value is -3.56. The van der Waals surface area contributed by atoms with Gasteiger partial charge in [0.05, 0.1) is 12.2 Å². The van der Waals surface area contributed by atoms with E-state index in [0.717, 1.165) is 0 Å². The number of amides is 1. The molecule has 0 bridgehead atoms. The van der Waals surface area contributed by atoms with Crippen LogP contribution in [0.5, 0.6) is 0 Å². The predicted molar refractivity (Wildman–Crippen MR) is 92.3 cm³/mol. The lowest BCUT2D eigenvalue weighted by atomic mass is 10.3. The molecule has 0 aliphatic carbocycles. The molecule has 0 spiro atoms. The van der Waals surface area contributed by atoms with Crippen molar-refractivity contribution in [2.24, 2.45) is 7.05 Å². The van der Waals surface area contributed by atoms with Gasteiger partial charge in [-0.3, -0.25) is 23.2 Å². The van der Waals surface area contributed by atoms with Crippen LogP contribution in [-0.2, 0) is 18.4 Å². The Bertz CT molecular complexity index is 1170. The third-order valence-corrected chi connectivity index (χ3v) is 4.14. The first-order chi connectivity index (χ1) is 12.5. The van der Waals surface area contributed by atoms with Gasteiger partial charge in [0.2, 0.25) is 5.91 Å². The molecule has 1 N–H and O–H groups in total. The van der Waals surface area contributed by atoms with Gasteiger partial charge in [-0.15, -0.1) is 10.2 Å². The second-order valence-electron chi connectivity index (χ2n) is 5.96. The van der Waals surface area contributed by atoms with Gasteiger partial charge in [-0.2, -0.15) is 5.10 Å². The number of rotatable bonds is 4. The van der Waals surface area contributed by atoms with Crippen LogP contribution in [0.15, 0.2) is 41.7 Å². The molecule has 0 aliphatic heterocycles. The van der Waals surface area contributed by atoms with Gasteiger partial charge in [0, 0.05) is 13.2 Å². The van der Waals surface area contributed by atoms with Crippen molar-refractivity contribution in [2.75, 3.05) is 0 Å². The molecule has 4 heterocycles. The summed E-state index contributed by atoms with van der Waals surface area (Å²) in [7, 11) is 1.70. The number of fused-ring (bicyclic) bond motifs is 2. The Kier molecular flexibility index (Phi) is 3.72. The molecule has 4 rings (SSSR count). The number of aryl methyl sites for hydroxylation is 1. The summed E-state index contributed by atoms with van der Waals surface area (Å²) < 4.78 is 4.58. The Morgan fingerprint density at radius 2 is 2.15 bits per heavy atom. The average Bonchev–Trinajstić information content (AvgIpc) is 3.21. The van der Waals surface area contributed by atoms with E-state index in [1.807, 2.05) is 31.3 Å². The zero-order valence-electron chi connectivity index (χ0n) is 14.2. The lowest BCUT2D eigenvalue weighted by molar-refractivity contribution is -0.122. The molecule has 10 nitrogen and oxygen atoms in total. The molecule has 0 fully saturated rings. The van der Waals surface area contributed by atoms with Crippen molar-refractivity contribution in [2.45, 2.75) is 19.5 Å². The Balaban J connectivity index is 1.54. The fourth-order valence-corrected chi connectivity index (χ4v) is 2.84. The Labute approximate surface area is 147 Å². The van der Waals surface area contributed by atoms with E-state index < -0.39 is 0 Å². The molecule has 0 aromatic carbocycles. The van der Waals surface area contributed by atoms with Crippen molar-refractivity contribution < 1.29 is 4.79 Å². The lowest BCUT2D eigenvalue weighted by Gasteiger charge is -2.13. The summed E-state index contributed by atoms with van der Waals surface area (Å²) in [5.74, 6) is 0.291. The summed E-state index contributed by atoms with van der Waals surface area (Å²) in [6.07, 6.45) is 4.63. The van der Waals surface area contributed by atoms with E-state index in [-0.39, 0.29) is 24.1 Å². The molecule has 4 aromatic heterocycles. The second-order valence-corrected chi connectivity index (χ2v) is 5.96. The van der Waals surface area contributed by atoms with Crippen LogP contribution in [0, 0.1) is 0 Å². The zero-order chi connectivity index (χ0) is 18.3.